The maximum atomic E-state index is 9.96. The molecule has 0 aliphatic carbocycles. The van der Waals surface area contributed by atoms with Crippen LogP contribution in [0.5, 0.6) is 0 Å². The summed E-state index contributed by atoms with van der Waals surface area (Å²) in [6.07, 6.45) is 17.1. The Labute approximate surface area is 862 Å². The first-order valence-corrected chi connectivity index (χ1v) is 48.1. The van der Waals surface area contributed by atoms with Crippen LogP contribution in [0.3, 0.4) is 0 Å². The summed E-state index contributed by atoms with van der Waals surface area (Å²) in [5, 5.41) is 39.4. The van der Waals surface area contributed by atoms with Gasteiger partial charge in [0.15, 0.2) is 0 Å². The molecule has 12 nitrogen and oxygen atoms in total. The second kappa shape index (κ2) is 37.7. The van der Waals surface area contributed by atoms with Crippen molar-refractivity contribution in [3.05, 3.63) is 341 Å². The molecule has 142 heavy (non-hydrogen) atoms. The summed E-state index contributed by atoms with van der Waals surface area (Å²) < 4.78 is 0. The van der Waals surface area contributed by atoms with Crippen molar-refractivity contribution in [1.29, 1.82) is 21.0 Å². The molecule has 14 aromatic rings. The van der Waals surface area contributed by atoms with Gasteiger partial charge < -0.3 is 19.9 Å². The Balaban J connectivity index is 0.00000725. The van der Waals surface area contributed by atoms with Crippen LogP contribution in [0, 0.1) is 69.0 Å². The number of benzene rings is 8. The van der Waals surface area contributed by atoms with Crippen molar-refractivity contribution in [2.24, 2.45) is 0 Å². The van der Waals surface area contributed by atoms with Gasteiger partial charge in [0.05, 0.1) is 67.8 Å². The van der Waals surface area contributed by atoms with Crippen LogP contribution < -0.4 is 19.9 Å². The third-order valence-electron chi connectivity index (χ3n) is 26.9. The van der Waals surface area contributed by atoms with E-state index in [4.69, 9.17) is 39.9 Å². The Hall–Kier alpha value is -14.7. The van der Waals surface area contributed by atoms with Gasteiger partial charge in [-0.1, -0.05) is 335 Å². The van der Waals surface area contributed by atoms with Crippen molar-refractivity contribution in [3.63, 3.8) is 0 Å². The van der Waals surface area contributed by atoms with Crippen molar-refractivity contribution >= 4 is 92.7 Å². The van der Waals surface area contributed by atoms with E-state index in [2.05, 4.69) is 408 Å². The molecule has 0 spiro atoms. The van der Waals surface area contributed by atoms with E-state index in [0.29, 0.717) is 123 Å². The molecule has 690 valence electrons. The average Bonchev–Trinajstić information content (AvgIpc) is 1.59. The van der Waals surface area contributed by atoms with Gasteiger partial charge in [0.1, 0.15) is 24.3 Å². The quantitative estimate of drug-likeness (QED) is 0.108. The van der Waals surface area contributed by atoms with Gasteiger partial charge in [0.25, 0.3) is 0 Å². The van der Waals surface area contributed by atoms with Gasteiger partial charge in [0, 0.05) is 22.3 Å². The molecule has 18 rings (SSSR count). The summed E-state index contributed by atoms with van der Waals surface area (Å²) >= 11 is 0. The van der Waals surface area contributed by atoms with E-state index in [1.165, 1.54) is 44.5 Å². The molecule has 4 aliphatic heterocycles. The largest absolute Gasteiger partial charge is 2.00 e. The fourth-order valence-corrected chi connectivity index (χ4v) is 18.4. The van der Waals surface area contributed by atoms with Gasteiger partial charge in [0.2, 0.25) is 0 Å². The predicted octanol–water partition coefficient (Wildman–Crippen LogP) is 30.5. The standard InChI is InChI=1S/C128H114N12.2Zn/c1-121(2,3)89-59-83(60-90(67-89)122(4,5)6)115-101-45-41-97(133-101)113(79-35-29-75(30-36-79)25-27-77-33-39-81(71-129)87(57-77)73-131)98-42-46-102(134-98)116(84-61-91(123(7,8)9)68-92(62-84)124(10,11)12)106-50-54-110(138-106)119(109-53-49-105(115)137-109)120-111-55-51-107(139-111)117(85-63-93(125(13,14)15)69-94(64-85)126(16,17)18)103-47-43-99(135-103)114(80-37-31-76(32-38-80)26-28-78-34-40-82(72-130)88(58-78)74-132)100-44-48-104(136-100)118(108-52-56-112(120)140-108)86-65-95(127(19,20)21)70-96(66-86)128(22,23)24;;/h29-70H,1-24H3;;/q-4;2*+2. The molecule has 0 unspecified atom stereocenters. The Morgan fingerprint density at radius 1 is 0.183 bits per heavy atom. The van der Waals surface area contributed by atoms with Gasteiger partial charge in [-0.2, -0.15) is 21.0 Å². The van der Waals surface area contributed by atoms with Crippen molar-refractivity contribution in [2.75, 3.05) is 0 Å². The summed E-state index contributed by atoms with van der Waals surface area (Å²) in [5.74, 6) is 13.2. The van der Waals surface area contributed by atoms with Crippen LogP contribution in [0.25, 0.3) is 171 Å². The minimum Gasteiger partial charge on any atom is -0.657 e. The van der Waals surface area contributed by atoms with Crippen molar-refractivity contribution in [3.8, 4) is 126 Å². The Morgan fingerprint density at radius 2 is 0.352 bits per heavy atom. The van der Waals surface area contributed by atoms with Crippen molar-refractivity contribution in [2.45, 2.75) is 209 Å². The molecule has 16 bridgehead atoms. The third kappa shape index (κ3) is 20.2. The first-order chi connectivity index (χ1) is 66.1. The second-order valence-electron chi connectivity index (χ2n) is 45.5. The van der Waals surface area contributed by atoms with E-state index in [-0.39, 0.29) is 93.4 Å². The van der Waals surface area contributed by atoms with Crippen LogP contribution in [-0.4, -0.2) is 19.9 Å². The summed E-state index contributed by atoms with van der Waals surface area (Å²) in [6, 6.07) is 80.3. The smallest absolute Gasteiger partial charge is 0.657 e. The zero-order chi connectivity index (χ0) is 99.6. The van der Waals surface area contributed by atoms with Crippen LogP contribution in [-0.2, 0) is 82.3 Å². The van der Waals surface area contributed by atoms with Crippen LogP contribution >= 0.6 is 0 Å². The number of aromatic nitrogens is 8. The number of fused-ring (bicyclic) bond motifs is 16. The molecule has 0 N–H and O–H groups in total. The number of rotatable bonds is 7. The summed E-state index contributed by atoms with van der Waals surface area (Å²) in [6.45, 7) is 54.6. The van der Waals surface area contributed by atoms with E-state index in [0.717, 1.165) is 77.9 Å². The predicted molar refractivity (Wildman–Crippen MR) is 579 cm³/mol. The maximum Gasteiger partial charge on any atom is 2.00 e. The van der Waals surface area contributed by atoms with Gasteiger partial charge in [-0.15, -0.1) is 44.1 Å². The molecule has 0 atom stereocenters. The van der Waals surface area contributed by atoms with Crippen LogP contribution in [0.4, 0.5) is 0 Å². The SMILES string of the molecule is CC(C)(C)c1cc(-c2c3nc(c(-c4c5nc(c(-c6cc(C(C)(C)C)cc(C(C)(C)C)c6)c6ccc([n-]6)c(-c6ccc(C#Cc7ccc(C#N)c(C#N)c7)cc6)c6nc(c(-c7cc(C(C)(C)C)cc(C(C)(C)C)c7)c7ccc4[n-]7)C=C6)C=C5)c4ccc([n-]4)c(-c4cc(C(C)(C)C)cc(C(C)(C)C)c4)c4nc(c(-c5ccc(C#Cc6ccc(C#N)c(C#N)c6)cc5)c5ccc2[n-]5)C=C4)C=C3)cc(C(C)(C)C)c1.[Zn+2].[Zn+2]. The molecule has 4 aliphatic rings. The molecule has 0 amide bonds. The van der Waals surface area contributed by atoms with Crippen LogP contribution in [0.2, 0.25) is 0 Å². The van der Waals surface area contributed by atoms with Gasteiger partial charge in [-0.25, -0.2) is 19.9 Å². The normalized spacial score (nSPS) is 12.6. The molecule has 14 heteroatoms. The van der Waals surface area contributed by atoms with E-state index in [9.17, 15) is 21.0 Å². The Kier molecular flexibility index (Phi) is 26.6. The maximum absolute atomic E-state index is 9.96. The molecule has 0 radical (unpaired) electrons. The molecular formula is C128H114N12Zn2. The summed E-state index contributed by atoms with van der Waals surface area (Å²) in [7, 11) is 0. The minimum absolute atomic E-state index is 0. The zero-order valence-electron chi connectivity index (χ0n) is 86.0. The van der Waals surface area contributed by atoms with E-state index < -0.39 is 0 Å². The third-order valence-corrected chi connectivity index (χ3v) is 26.9. The topological polar surface area (TPSA) is 203 Å². The Bertz CT molecular complexity index is 7630. The van der Waals surface area contributed by atoms with Gasteiger partial charge in [-0.3, -0.25) is 0 Å². The molecule has 0 saturated carbocycles. The number of hydrogen-bond donors (Lipinski definition) is 0. The first kappa shape index (κ1) is 100. The van der Waals surface area contributed by atoms with Gasteiger partial charge in [-0.05, 0) is 275 Å². The second-order valence-corrected chi connectivity index (χ2v) is 45.5. The molecule has 8 aromatic carbocycles. The zero-order valence-corrected chi connectivity index (χ0v) is 92.0. The molecular weight excluding hydrogens is 1840 g/mol. The summed E-state index contributed by atoms with van der Waals surface area (Å²) in [4.78, 5) is 48.1. The minimum atomic E-state index is -0.275. The first-order valence-electron chi connectivity index (χ1n) is 48.1. The molecule has 0 fully saturated rings. The van der Waals surface area contributed by atoms with Crippen LogP contribution in [0.1, 0.15) is 301 Å². The van der Waals surface area contributed by atoms with E-state index >= 15 is 0 Å². The number of hydrogen-bond acceptors (Lipinski definition) is 8. The molecule has 6 aromatic heterocycles. The van der Waals surface area contributed by atoms with Crippen molar-refractivity contribution in [1.82, 2.24) is 39.9 Å². The van der Waals surface area contributed by atoms with Gasteiger partial charge >= 0.3 is 39.0 Å². The van der Waals surface area contributed by atoms with E-state index in [1.54, 1.807) is 36.4 Å². The fraction of sp³-hybridized carbons (Fsp3) is 0.250. The molecule has 10 heterocycles. The fourth-order valence-electron chi connectivity index (χ4n) is 18.4. The molecule has 0 saturated heterocycles. The number of nitriles is 4. The monoisotopic (exact) mass is 1950 g/mol. The Morgan fingerprint density at radius 3 is 0.542 bits per heavy atom. The average molecular weight is 1950 g/mol. The summed E-state index contributed by atoms with van der Waals surface area (Å²) in [5.41, 5.74) is 33.9. The number of nitrogens with zero attached hydrogens (tertiary/aromatic N) is 12. The van der Waals surface area contributed by atoms with Crippen molar-refractivity contribution < 1.29 is 39.0 Å². The van der Waals surface area contributed by atoms with Crippen LogP contribution in [0.15, 0.2) is 206 Å². The van der Waals surface area contributed by atoms with E-state index in [1.807, 2.05) is 24.3 Å².